The number of rotatable bonds is 4. The fourth-order valence-electron chi connectivity index (χ4n) is 1.53. The topological polar surface area (TPSA) is 25.2 Å². The molecule has 0 radical (unpaired) electrons. The van der Waals surface area contributed by atoms with E-state index in [0.29, 0.717) is 0 Å². The van der Waals surface area contributed by atoms with E-state index in [1.807, 2.05) is 13.0 Å². The third-order valence-corrected chi connectivity index (χ3v) is 2.56. The molecule has 1 N–H and O–H groups in total. The Labute approximate surface area is 94.1 Å². The summed E-state index contributed by atoms with van der Waals surface area (Å²) >= 11 is 0. The van der Waals surface area contributed by atoms with Crippen molar-refractivity contribution in [3.05, 3.63) is 59.8 Å². The lowest BCUT2D eigenvalue weighted by atomic mass is 10.1. The molecule has 0 aliphatic heterocycles. The fraction of sp³-hybridized carbons (Fsp3) is 0.231. The first-order valence-electron chi connectivity index (χ1n) is 5.25. The molecule has 0 amide bonds. The Hall–Kier alpha value is -1.61. The molecule has 0 aliphatic carbocycles. The van der Waals surface area contributed by atoms with Gasteiger partial charge in [0.1, 0.15) is 5.82 Å². The Kier molecular flexibility index (Phi) is 3.37. The molecular formula is C13H14FNO. The molecule has 1 aromatic carbocycles. The molecule has 0 fully saturated rings. The van der Waals surface area contributed by atoms with E-state index >= 15 is 0 Å². The highest BCUT2D eigenvalue weighted by Gasteiger charge is 2.04. The summed E-state index contributed by atoms with van der Waals surface area (Å²) in [6.07, 6.45) is 3.37. The number of benzene rings is 1. The Morgan fingerprint density at radius 2 is 2.00 bits per heavy atom. The van der Waals surface area contributed by atoms with Crippen molar-refractivity contribution in [1.29, 1.82) is 0 Å². The molecule has 2 nitrogen and oxygen atoms in total. The predicted molar refractivity (Wildman–Crippen MR) is 60.4 cm³/mol. The van der Waals surface area contributed by atoms with E-state index in [1.54, 1.807) is 24.7 Å². The molecule has 1 unspecified atom stereocenters. The summed E-state index contributed by atoms with van der Waals surface area (Å²) in [5.41, 5.74) is 2.18. The summed E-state index contributed by atoms with van der Waals surface area (Å²) in [5.74, 6) is -0.203. The highest BCUT2D eigenvalue weighted by atomic mass is 19.1. The van der Waals surface area contributed by atoms with Gasteiger partial charge in [-0.1, -0.05) is 12.1 Å². The van der Waals surface area contributed by atoms with E-state index in [9.17, 15) is 4.39 Å². The summed E-state index contributed by atoms with van der Waals surface area (Å²) < 4.78 is 17.7. The largest absolute Gasteiger partial charge is 0.472 e. The minimum Gasteiger partial charge on any atom is -0.472 e. The van der Waals surface area contributed by atoms with E-state index in [0.717, 1.165) is 17.7 Å². The molecule has 0 spiro atoms. The zero-order chi connectivity index (χ0) is 11.4. The van der Waals surface area contributed by atoms with Crippen molar-refractivity contribution < 1.29 is 8.81 Å². The first kappa shape index (κ1) is 10.9. The Bertz CT molecular complexity index is 422. The maximum atomic E-state index is 12.7. The van der Waals surface area contributed by atoms with Crippen LogP contribution in [0.4, 0.5) is 4.39 Å². The highest BCUT2D eigenvalue weighted by Crippen LogP contribution is 2.13. The van der Waals surface area contributed by atoms with Crippen molar-refractivity contribution >= 4 is 0 Å². The van der Waals surface area contributed by atoms with Gasteiger partial charge in [-0.3, -0.25) is 0 Å². The lowest BCUT2D eigenvalue weighted by Crippen LogP contribution is -2.17. The van der Waals surface area contributed by atoms with Gasteiger partial charge in [-0.2, -0.15) is 0 Å². The van der Waals surface area contributed by atoms with Gasteiger partial charge in [-0.05, 0) is 30.7 Å². The van der Waals surface area contributed by atoms with Gasteiger partial charge in [0, 0.05) is 18.2 Å². The number of hydrogen-bond donors (Lipinski definition) is 1. The van der Waals surface area contributed by atoms with Crippen LogP contribution in [-0.4, -0.2) is 0 Å². The van der Waals surface area contributed by atoms with Crippen molar-refractivity contribution in [2.45, 2.75) is 19.5 Å². The summed E-state index contributed by atoms with van der Waals surface area (Å²) in [7, 11) is 0. The standard InChI is InChI=1S/C13H14FNO/c1-10(12-2-4-13(14)5-3-12)15-8-11-6-7-16-9-11/h2-7,9-10,15H,8H2,1H3. The normalized spacial score (nSPS) is 12.6. The zero-order valence-electron chi connectivity index (χ0n) is 9.11. The molecule has 2 aromatic rings. The van der Waals surface area contributed by atoms with Gasteiger partial charge in [-0.15, -0.1) is 0 Å². The smallest absolute Gasteiger partial charge is 0.123 e. The van der Waals surface area contributed by atoms with E-state index in [1.165, 1.54) is 12.1 Å². The molecule has 1 atom stereocenters. The average molecular weight is 219 g/mol. The Morgan fingerprint density at radius 3 is 2.62 bits per heavy atom. The molecule has 0 saturated carbocycles. The second-order valence-corrected chi connectivity index (χ2v) is 3.79. The lowest BCUT2D eigenvalue weighted by molar-refractivity contribution is 0.546. The van der Waals surface area contributed by atoms with E-state index < -0.39 is 0 Å². The molecule has 84 valence electrons. The van der Waals surface area contributed by atoms with Gasteiger partial charge in [0.15, 0.2) is 0 Å². The number of hydrogen-bond acceptors (Lipinski definition) is 2. The molecule has 0 aliphatic rings. The van der Waals surface area contributed by atoms with Crippen LogP contribution >= 0.6 is 0 Å². The van der Waals surface area contributed by atoms with Crippen LogP contribution in [0.2, 0.25) is 0 Å². The monoisotopic (exact) mass is 219 g/mol. The minimum absolute atomic E-state index is 0.190. The van der Waals surface area contributed by atoms with Crippen LogP contribution in [0, 0.1) is 5.82 Å². The van der Waals surface area contributed by atoms with Crippen molar-refractivity contribution in [1.82, 2.24) is 5.32 Å². The molecule has 0 bridgehead atoms. The van der Waals surface area contributed by atoms with Crippen LogP contribution in [0.25, 0.3) is 0 Å². The zero-order valence-corrected chi connectivity index (χ0v) is 9.11. The molecule has 0 saturated heterocycles. The maximum absolute atomic E-state index is 12.7. The van der Waals surface area contributed by atoms with Crippen LogP contribution in [0.5, 0.6) is 0 Å². The quantitative estimate of drug-likeness (QED) is 0.853. The van der Waals surface area contributed by atoms with Crippen LogP contribution < -0.4 is 5.32 Å². The molecule has 3 heteroatoms. The van der Waals surface area contributed by atoms with Crippen LogP contribution in [0.3, 0.4) is 0 Å². The van der Waals surface area contributed by atoms with Crippen molar-refractivity contribution in [2.75, 3.05) is 0 Å². The number of halogens is 1. The maximum Gasteiger partial charge on any atom is 0.123 e. The number of nitrogens with one attached hydrogen (secondary N) is 1. The van der Waals surface area contributed by atoms with Gasteiger partial charge in [-0.25, -0.2) is 4.39 Å². The highest BCUT2D eigenvalue weighted by molar-refractivity contribution is 5.19. The van der Waals surface area contributed by atoms with Crippen LogP contribution in [0.1, 0.15) is 24.1 Å². The first-order valence-corrected chi connectivity index (χ1v) is 5.25. The van der Waals surface area contributed by atoms with E-state index in [2.05, 4.69) is 5.32 Å². The SMILES string of the molecule is CC(NCc1ccoc1)c1ccc(F)cc1. The Morgan fingerprint density at radius 1 is 1.25 bits per heavy atom. The predicted octanol–water partition coefficient (Wildman–Crippen LogP) is 3.27. The summed E-state index contributed by atoms with van der Waals surface area (Å²) in [6.45, 7) is 2.79. The Balaban J connectivity index is 1.93. The molecule has 16 heavy (non-hydrogen) atoms. The van der Waals surface area contributed by atoms with Crippen molar-refractivity contribution in [3.63, 3.8) is 0 Å². The molecular weight excluding hydrogens is 205 g/mol. The van der Waals surface area contributed by atoms with Gasteiger partial charge in [0.05, 0.1) is 12.5 Å². The first-order chi connectivity index (χ1) is 7.75. The van der Waals surface area contributed by atoms with Crippen molar-refractivity contribution in [3.8, 4) is 0 Å². The van der Waals surface area contributed by atoms with Gasteiger partial charge >= 0.3 is 0 Å². The summed E-state index contributed by atoms with van der Waals surface area (Å²) in [6, 6.07) is 8.65. The second kappa shape index (κ2) is 4.94. The third-order valence-electron chi connectivity index (χ3n) is 2.56. The van der Waals surface area contributed by atoms with Gasteiger partial charge < -0.3 is 9.73 Å². The summed E-state index contributed by atoms with van der Waals surface area (Å²) in [5, 5.41) is 3.34. The fourth-order valence-corrected chi connectivity index (χ4v) is 1.53. The van der Waals surface area contributed by atoms with E-state index in [4.69, 9.17) is 4.42 Å². The van der Waals surface area contributed by atoms with Crippen LogP contribution in [-0.2, 0) is 6.54 Å². The number of furan rings is 1. The van der Waals surface area contributed by atoms with Crippen molar-refractivity contribution in [2.24, 2.45) is 0 Å². The second-order valence-electron chi connectivity index (χ2n) is 3.79. The molecule has 1 heterocycles. The summed E-state index contributed by atoms with van der Waals surface area (Å²) in [4.78, 5) is 0. The third kappa shape index (κ3) is 2.70. The average Bonchev–Trinajstić information content (AvgIpc) is 2.80. The van der Waals surface area contributed by atoms with Gasteiger partial charge in [0.25, 0.3) is 0 Å². The molecule has 1 aromatic heterocycles. The van der Waals surface area contributed by atoms with Crippen LogP contribution in [0.15, 0.2) is 47.3 Å². The molecule has 2 rings (SSSR count). The van der Waals surface area contributed by atoms with E-state index in [-0.39, 0.29) is 11.9 Å². The minimum atomic E-state index is -0.203. The lowest BCUT2D eigenvalue weighted by Gasteiger charge is -2.13. The van der Waals surface area contributed by atoms with Gasteiger partial charge in [0.2, 0.25) is 0 Å².